The second-order valence-corrected chi connectivity index (χ2v) is 8.27. The Kier molecular flexibility index (Phi) is 8.04. The molecular weight excluding hydrogens is 450 g/mol. The van der Waals surface area contributed by atoms with Gasteiger partial charge in [0.25, 0.3) is 5.91 Å². The van der Waals surface area contributed by atoms with E-state index in [4.69, 9.17) is 26.1 Å². The third-order valence-electron chi connectivity index (χ3n) is 5.59. The van der Waals surface area contributed by atoms with E-state index in [1.54, 1.807) is 19.2 Å². The monoisotopic (exact) mass is 477 g/mol. The highest BCUT2D eigenvalue weighted by Crippen LogP contribution is 2.23. The summed E-state index contributed by atoms with van der Waals surface area (Å²) >= 11 is 6.16. The Morgan fingerprint density at radius 3 is 2.53 bits per heavy atom. The van der Waals surface area contributed by atoms with Crippen LogP contribution in [-0.2, 0) is 13.0 Å². The summed E-state index contributed by atoms with van der Waals surface area (Å²) in [6, 6.07) is 22.8. The van der Waals surface area contributed by atoms with Crippen molar-refractivity contribution in [2.45, 2.75) is 25.8 Å². The number of rotatable bonds is 11. The number of halogens is 1. The number of amides is 1. The number of aryl methyl sites for hydroxylation is 1. The number of para-hydroxylation sites is 4. The van der Waals surface area contributed by atoms with E-state index >= 15 is 0 Å². The Bertz CT molecular complexity index is 1250. The van der Waals surface area contributed by atoms with Crippen LogP contribution in [0.3, 0.4) is 0 Å². The second-order valence-electron chi connectivity index (χ2n) is 7.86. The summed E-state index contributed by atoms with van der Waals surface area (Å²) in [6.07, 6.45) is 2.46. The van der Waals surface area contributed by atoms with Crippen LogP contribution in [-0.4, -0.2) is 35.7 Å². The number of hydrogen-bond acceptors (Lipinski definition) is 4. The SMILES string of the molecule is COc1ccccc1C(=O)NCCc1nc2ccccc2n1CCCCOc1ccccc1Cl. The molecule has 34 heavy (non-hydrogen) atoms. The summed E-state index contributed by atoms with van der Waals surface area (Å²) in [7, 11) is 1.56. The first kappa shape index (κ1) is 23.6. The van der Waals surface area contributed by atoms with Crippen molar-refractivity contribution in [3.8, 4) is 11.5 Å². The van der Waals surface area contributed by atoms with Gasteiger partial charge in [-0.3, -0.25) is 4.79 Å². The topological polar surface area (TPSA) is 65.4 Å². The van der Waals surface area contributed by atoms with Gasteiger partial charge in [0.2, 0.25) is 0 Å². The fraction of sp³-hybridized carbons (Fsp3) is 0.259. The number of unbranched alkanes of at least 4 members (excludes halogenated alkanes) is 1. The molecule has 1 heterocycles. The van der Waals surface area contributed by atoms with Gasteiger partial charge in [-0.2, -0.15) is 0 Å². The van der Waals surface area contributed by atoms with E-state index in [2.05, 4.69) is 16.0 Å². The van der Waals surface area contributed by atoms with Gasteiger partial charge in [0.15, 0.2) is 0 Å². The molecule has 0 unspecified atom stereocenters. The quantitative estimate of drug-likeness (QED) is 0.288. The molecule has 0 atom stereocenters. The molecule has 0 saturated carbocycles. The summed E-state index contributed by atoms with van der Waals surface area (Å²) < 4.78 is 13.3. The minimum Gasteiger partial charge on any atom is -0.496 e. The lowest BCUT2D eigenvalue weighted by Gasteiger charge is -2.12. The van der Waals surface area contributed by atoms with Crippen LogP contribution in [0, 0.1) is 0 Å². The van der Waals surface area contributed by atoms with Crippen LogP contribution >= 0.6 is 11.6 Å². The molecule has 0 aliphatic carbocycles. The zero-order chi connectivity index (χ0) is 23.8. The number of fused-ring (bicyclic) bond motifs is 1. The summed E-state index contributed by atoms with van der Waals surface area (Å²) in [4.78, 5) is 17.4. The van der Waals surface area contributed by atoms with Crippen LogP contribution in [0.1, 0.15) is 29.0 Å². The van der Waals surface area contributed by atoms with E-state index in [0.717, 1.165) is 36.2 Å². The fourth-order valence-electron chi connectivity index (χ4n) is 3.90. The van der Waals surface area contributed by atoms with Gasteiger partial charge in [0.1, 0.15) is 17.3 Å². The van der Waals surface area contributed by atoms with E-state index in [-0.39, 0.29) is 5.91 Å². The largest absolute Gasteiger partial charge is 0.496 e. The lowest BCUT2D eigenvalue weighted by molar-refractivity contribution is 0.0951. The molecule has 3 aromatic carbocycles. The van der Waals surface area contributed by atoms with Crippen molar-refractivity contribution < 1.29 is 14.3 Å². The standard InChI is InChI=1S/C27H28ClN3O3/c1-33-24-14-6-2-10-20(24)27(32)29-17-16-26-30-22-12-4-5-13-23(22)31(26)18-8-9-19-34-25-15-7-3-11-21(25)28/h2-7,10-15H,8-9,16-19H2,1H3,(H,29,32). The summed E-state index contributed by atoms with van der Waals surface area (Å²) in [5.74, 6) is 2.07. The first-order valence-electron chi connectivity index (χ1n) is 11.4. The molecule has 0 aliphatic rings. The number of carbonyl (C=O) groups excluding carboxylic acids is 1. The molecule has 0 aliphatic heterocycles. The van der Waals surface area contributed by atoms with Crippen LogP contribution in [0.4, 0.5) is 0 Å². The summed E-state index contributed by atoms with van der Waals surface area (Å²) in [5, 5.41) is 3.61. The second kappa shape index (κ2) is 11.6. The fourth-order valence-corrected chi connectivity index (χ4v) is 4.09. The van der Waals surface area contributed by atoms with Crippen molar-refractivity contribution in [2.24, 2.45) is 0 Å². The predicted molar refractivity (Wildman–Crippen MR) is 135 cm³/mol. The highest BCUT2D eigenvalue weighted by Gasteiger charge is 2.13. The number of hydrogen-bond donors (Lipinski definition) is 1. The number of ether oxygens (including phenoxy) is 2. The van der Waals surface area contributed by atoms with Crippen LogP contribution in [0.15, 0.2) is 72.8 Å². The van der Waals surface area contributed by atoms with Crippen molar-refractivity contribution in [1.82, 2.24) is 14.9 Å². The number of nitrogens with one attached hydrogen (secondary N) is 1. The lowest BCUT2D eigenvalue weighted by atomic mass is 10.2. The van der Waals surface area contributed by atoms with Crippen molar-refractivity contribution in [1.29, 1.82) is 0 Å². The Balaban J connectivity index is 1.35. The van der Waals surface area contributed by atoms with Gasteiger partial charge in [0.05, 0.1) is 35.3 Å². The van der Waals surface area contributed by atoms with Gasteiger partial charge in [-0.25, -0.2) is 4.98 Å². The number of benzene rings is 3. The molecule has 0 bridgehead atoms. The molecule has 4 aromatic rings. The maximum Gasteiger partial charge on any atom is 0.255 e. The number of carbonyl (C=O) groups is 1. The van der Waals surface area contributed by atoms with E-state index in [0.29, 0.717) is 41.7 Å². The van der Waals surface area contributed by atoms with E-state index < -0.39 is 0 Å². The van der Waals surface area contributed by atoms with Crippen LogP contribution in [0.2, 0.25) is 5.02 Å². The zero-order valence-electron chi connectivity index (χ0n) is 19.2. The van der Waals surface area contributed by atoms with Gasteiger partial charge in [-0.1, -0.05) is 48.0 Å². The highest BCUT2D eigenvalue weighted by molar-refractivity contribution is 6.32. The average molecular weight is 478 g/mol. The van der Waals surface area contributed by atoms with Gasteiger partial charge in [0, 0.05) is 19.5 Å². The average Bonchev–Trinajstić information content (AvgIpc) is 3.22. The minimum atomic E-state index is -0.156. The maximum absolute atomic E-state index is 12.6. The number of methoxy groups -OCH3 is 1. The number of nitrogens with zero attached hydrogens (tertiary/aromatic N) is 2. The third kappa shape index (κ3) is 5.69. The molecule has 1 N–H and O–H groups in total. The molecule has 1 aromatic heterocycles. The summed E-state index contributed by atoms with van der Waals surface area (Å²) in [6.45, 7) is 1.90. The maximum atomic E-state index is 12.6. The van der Waals surface area contributed by atoms with Crippen molar-refractivity contribution in [3.63, 3.8) is 0 Å². The third-order valence-corrected chi connectivity index (χ3v) is 5.90. The number of imidazole rings is 1. The minimum absolute atomic E-state index is 0.156. The van der Waals surface area contributed by atoms with Gasteiger partial charge >= 0.3 is 0 Å². The Labute approximate surface area is 204 Å². The molecule has 176 valence electrons. The van der Waals surface area contributed by atoms with Crippen LogP contribution in [0.5, 0.6) is 11.5 Å². The molecule has 4 rings (SSSR count). The van der Waals surface area contributed by atoms with Gasteiger partial charge in [-0.05, 0) is 49.2 Å². The van der Waals surface area contributed by atoms with E-state index in [1.165, 1.54) is 0 Å². The molecular formula is C27H28ClN3O3. The number of aromatic nitrogens is 2. The molecule has 1 amide bonds. The first-order valence-corrected chi connectivity index (χ1v) is 11.8. The smallest absolute Gasteiger partial charge is 0.255 e. The van der Waals surface area contributed by atoms with Crippen molar-refractivity contribution in [3.05, 3.63) is 89.2 Å². The van der Waals surface area contributed by atoms with E-state index in [1.807, 2.05) is 54.6 Å². The Morgan fingerprint density at radius 2 is 1.71 bits per heavy atom. The lowest BCUT2D eigenvalue weighted by Crippen LogP contribution is -2.27. The molecule has 7 heteroatoms. The van der Waals surface area contributed by atoms with Crippen molar-refractivity contribution in [2.75, 3.05) is 20.3 Å². The van der Waals surface area contributed by atoms with Crippen LogP contribution in [0.25, 0.3) is 11.0 Å². The molecule has 0 radical (unpaired) electrons. The van der Waals surface area contributed by atoms with Gasteiger partial charge < -0.3 is 19.4 Å². The predicted octanol–water partition coefficient (Wildman–Crippen LogP) is 5.53. The van der Waals surface area contributed by atoms with Gasteiger partial charge in [-0.15, -0.1) is 0 Å². The summed E-state index contributed by atoms with van der Waals surface area (Å²) in [5.41, 5.74) is 2.58. The van der Waals surface area contributed by atoms with E-state index in [9.17, 15) is 4.79 Å². The molecule has 0 saturated heterocycles. The Morgan fingerprint density at radius 1 is 0.971 bits per heavy atom. The van der Waals surface area contributed by atoms with Crippen molar-refractivity contribution >= 4 is 28.5 Å². The van der Waals surface area contributed by atoms with Crippen LogP contribution < -0.4 is 14.8 Å². The highest BCUT2D eigenvalue weighted by atomic mass is 35.5. The normalized spacial score (nSPS) is 10.9. The molecule has 6 nitrogen and oxygen atoms in total. The first-order chi connectivity index (χ1) is 16.7. The molecule has 0 spiro atoms. The molecule has 0 fully saturated rings. The Hall–Kier alpha value is -3.51. The zero-order valence-corrected chi connectivity index (χ0v) is 19.9.